The molecule has 1 aromatic carbocycles. The summed E-state index contributed by atoms with van der Waals surface area (Å²) in [6.45, 7) is 6.03. The maximum absolute atomic E-state index is 11.9. The van der Waals surface area contributed by atoms with Crippen molar-refractivity contribution in [1.29, 1.82) is 0 Å². The van der Waals surface area contributed by atoms with Gasteiger partial charge in [-0.2, -0.15) is 4.98 Å². The van der Waals surface area contributed by atoms with Gasteiger partial charge in [-0.05, 0) is 38.1 Å². The molecule has 1 amide bonds. The van der Waals surface area contributed by atoms with E-state index in [1.165, 1.54) is 0 Å². The number of aromatic nitrogens is 2. The minimum atomic E-state index is -0.0349. The topological polar surface area (TPSA) is 80.0 Å². The Labute approximate surface area is 159 Å². The largest absolute Gasteiger partial charge is 0.334 e. The third-order valence-electron chi connectivity index (χ3n) is 3.52. The Morgan fingerprint density at radius 2 is 2.04 bits per heavy atom. The lowest BCUT2D eigenvalue weighted by atomic mass is 10.1. The van der Waals surface area contributed by atoms with Crippen molar-refractivity contribution in [2.24, 2.45) is 5.92 Å². The van der Waals surface area contributed by atoms with E-state index in [1.54, 1.807) is 18.2 Å². The number of carbonyl (C=O) groups excluding carboxylic acids is 1. The SMILES string of the molecule is CNC(C)Cc1noc(-c2cc(NC(=O)CC(C)C)ccc2Cl)n1.Cl. The van der Waals surface area contributed by atoms with Crippen molar-refractivity contribution in [3.63, 3.8) is 0 Å². The van der Waals surface area contributed by atoms with Gasteiger partial charge in [0.2, 0.25) is 5.91 Å². The van der Waals surface area contributed by atoms with Crippen molar-refractivity contribution in [1.82, 2.24) is 15.5 Å². The lowest BCUT2D eigenvalue weighted by molar-refractivity contribution is -0.116. The zero-order valence-electron chi connectivity index (χ0n) is 14.8. The first-order valence-electron chi connectivity index (χ1n) is 7.98. The number of carbonyl (C=O) groups is 1. The Kier molecular flexibility index (Phi) is 8.35. The molecule has 0 saturated carbocycles. The summed E-state index contributed by atoms with van der Waals surface area (Å²) in [5.74, 6) is 1.21. The van der Waals surface area contributed by atoms with Gasteiger partial charge in [-0.1, -0.05) is 30.6 Å². The molecular formula is C17H24Cl2N4O2. The number of anilines is 1. The molecule has 0 aliphatic carbocycles. The Hall–Kier alpha value is -1.63. The molecule has 2 aromatic rings. The minimum Gasteiger partial charge on any atom is -0.334 e. The first kappa shape index (κ1) is 21.4. The highest BCUT2D eigenvalue weighted by Crippen LogP contribution is 2.29. The molecular weight excluding hydrogens is 363 g/mol. The van der Waals surface area contributed by atoms with Crippen LogP contribution in [-0.2, 0) is 11.2 Å². The summed E-state index contributed by atoms with van der Waals surface area (Å²) in [4.78, 5) is 16.3. The van der Waals surface area contributed by atoms with E-state index in [2.05, 4.69) is 20.8 Å². The molecule has 0 aliphatic rings. The molecule has 1 unspecified atom stereocenters. The summed E-state index contributed by atoms with van der Waals surface area (Å²) in [5, 5.41) is 10.5. The van der Waals surface area contributed by atoms with Gasteiger partial charge in [0.05, 0.1) is 10.6 Å². The van der Waals surface area contributed by atoms with Gasteiger partial charge in [0.25, 0.3) is 5.89 Å². The number of benzene rings is 1. The van der Waals surface area contributed by atoms with E-state index in [0.29, 0.717) is 46.7 Å². The van der Waals surface area contributed by atoms with Gasteiger partial charge in [0.1, 0.15) is 0 Å². The van der Waals surface area contributed by atoms with Crippen LogP contribution >= 0.6 is 24.0 Å². The maximum Gasteiger partial charge on any atom is 0.259 e. The van der Waals surface area contributed by atoms with Crippen molar-refractivity contribution in [3.8, 4) is 11.5 Å². The number of hydrogen-bond donors (Lipinski definition) is 2. The molecule has 0 fully saturated rings. The highest BCUT2D eigenvalue weighted by atomic mass is 35.5. The van der Waals surface area contributed by atoms with Gasteiger partial charge in [0, 0.05) is 24.6 Å². The van der Waals surface area contributed by atoms with Crippen molar-refractivity contribution < 1.29 is 9.32 Å². The average molecular weight is 387 g/mol. The van der Waals surface area contributed by atoms with E-state index >= 15 is 0 Å². The zero-order valence-corrected chi connectivity index (χ0v) is 16.4. The van der Waals surface area contributed by atoms with E-state index in [0.717, 1.165) is 0 Å². The smallest absolute Gasteiger partial charge is 0.259 e. The monoisotopic (exact) mass is 386 g/mol. The zero-order chi connectivity index (χ0) is 17.7. The van der Waals surface area contributed by atoms with E-state index in [9.17, 15) is 4.79 Å². The second-order valence-electron chi connectivity index (χ2n) is 6.25. The van der Waals surface area contributed by atoms with Crippen LogP contribution < -0.4 is 10.6 Å². The molecule has 2 rings (SSSR count). The standard InChI is InChI=1S/C17H23ClN4O2.ClH/c1-10(2)7-16(23)20-12-5-6-14(18)13(9-12)17-21-15(22-24-17)8-11(3)19-4;/h5-6,9-11,19H,7-8H2,1-4H3,(H,20,23);1H. The van der Waals surface area contributed by atoms with Gasteiger partial charge in [-0.3, -0.25) is 4.79 Å². The summed E-state index contributed by atoms with van der Waals surface area (Å²) >= 11 is 6.24. The molecule has 0 bridgehead atoms. The Bertz CT molecular complexity index is 704. The molecule has 2 N–H and O–H groups in total. The number of amides is 1. The fourth-order valence-electron chi connectivity index (χ4n) is 2.17. The van der Waals surface area contributed by atoms with Crippen LogP contribution in [0.3, 0.4) is 0 Å². The highest BCUT2D eigenvalue weighted by Gasteiger charge is 2.15. The first-order chi connectivity index (χ1) is 11.4. The van der Waals surface area contributed by atoms with Crippen molar-refractivity contribution in [2.75, 3.05) is 12.4 Å². The summed E-state index contributed by atoms with van der Waals surface area (Å²) in [7, 11) is 1.88. The second kappa shape index (κ2) is 9.75. The van der Waals surface area contributed by atoms with Gasteiger partial charge >= 0.3 is 0 Å². The summed E-state index contributed by atoms with van der Waals surface area (Å²) in [5.41, 5.74) is 1.26. The third-order valence-corrected chi connectivity index (χ3v) is 3.85. The molecule has 8 heteroatoms. The number of nitrogens with zero attached hydrogens (tertiary/aromatic N) is 2. The van der Waals surface area contributed by atoms with Crippen LogP contribution in [0.1, 0.15) is 33.0 Å². The normalized spacial score (nSPS) is 11.9. The number of likely N-dealkylation sites (N-methyl/N-ethyl adjacent to an activating group) is 1. The van der Waals surface area contributed by atoms with E-state index in [-0.39, 0.29) is 24.4 Å². The molecule has 1 atom stereocenters. The Balaban J connectivity index is 0.00000312. The van der Waals surface area contributed by atoms with Crippen LogP contribution in [0, 0.1) is 5.92 Å². The van der Waals surface area contributed by atoms with Crippen molar-refractivity contribution in [3.05, 3.63) is 29.0 Å². The van der Waals surface area contributed by atoms with E-state index in [4.69, 9.17) is 16.1 Å². The lowest BCUT2D eigenvalue weighted by Gasteiger charge is -2.08. The Morgan fingerprint density at radius 1 is 1.32 bits per heavy atom. The molecule has 6 nitrogen and oxygen atoms in total. The molecule has 138 valence electrons. The minimum absolute atomic E-state index is 0. The van der Waals surface area contributed by atoms with Crippen LogP contribution in [0.5, 0.6) is 0 Å². The van der Waals surface area contributed by atoms with Crippen LogP contribution in [0.25, 0.3) is 11.5 Å². The number of halogens is 2. The second-order valence-corrected chi connectivity index (χ2v) is 6.66. The molecule has 1 heterocycles. The summed E-state index contributed by atoms with van der Waals surface area (Å²) < 4.78 is 5.32. The predicted molar refractivity (Wildman–Crippen MR) is 102 cm³/mol. The van der Waals surface area contributed by atoms with E-state index < -0.39 is 0 Å². The van der Waals surface area contributed by atoms with Crippen LogP contribution in [0.2, 0.25) is 5.02 Å². The van der Waals surface area contributed by atoms with Crippen LogP contribution in [0.4, 0.5) is 5.69 Å². The fourth-order valence-corrected chi connectivity index (χ4v) is 2.37. The van der Waals surface area contributed by atoms with Gasteiger partial charge in [0.15, 0.2) is 5.82 Å². The van der Waals surface area contributed by atoms with Crippen LogP contribution in [-0.4, -0.2) is 29.1 Å². The lowest BCUT2D eigenvalue weighted by Crippen LogP contribution is -2.24. The summed E-state index contributed by atoms with van der Waals surface area (Å²) in [6.07, 6.45) is 1.12. The van der Waals surface area contributed by atoms with E-state index in [1.807, 2.05) is 27.8 Å². The molecule has 25 heavy (non-hydrogen) atoms. The molecule has 0 radical (unpaired) electrons. The maximum atomic E-state index is 11.9. The molecule has 0 spiro atoms. The molecule has 1 aromatic heterocycles. The van der Waals surface area contributed by atoms with Crippen LogP contribution in [0.15, 0.2) is 22.7 Å². The fraction of sp³-hybridized carbons (Fsp3) is 0.471. The summed E-state index contributed by atoms with van der Waals surface area (Å²) in [6, 6.07) is 5.46. The van der Waals surface area contributed by atoms with Crippen molar-refractivity contribution in [2.45, 2.75) is 39.7 Å². The van der Waals surface area contributed by atoms with Gasteiger partial charge in [-0.15, -0.1) is 12.4 Å². The third kappa shape index (κ3) is 6.30. The number of nitrogens with one attached hydrogen (secondary N) is 2. The van der Waals surface area contributed by atoms with Gasteiger partial charge in [-0.25, -0.2) is 0 Å². The highest BCUT2D eigenvalue weighted by molar-refractivity contribution is 6.33. The molecule has 0 aliphatic heterocycles. The quantitative estimate of drug-likeness (QED) is 0.752. The number of hydrogen-bond acceptors (Lipinski definition) is 5. The Morgan fingerprint density at radius 3 is 2.68 bits per heavy atom. The van der Waals surface area contributed by atoms with Gasteiger partial charge < -0.3 is 15.2 Å². The van der Waals surface area contributed by atoms with Crippen molar-refractivity contribution >= 4 is 35.6 Å². The predicted octanol–water partition coefficient (Wildman–Crippen LogP) is 3.95. The number of rotatable bonds is 7. The average Bonchev–Trinajstić information content (AvgIpc) is 2.96. The first-order valence-corrected chi connectivity index (χ1v) is 8.36. The molecule has 0 saturated heterocycles.